The highest BCUT2D eigenvalue weighted by molar-refractivity contribution is 6.30. The third kappa shape index (κ3) is 5.55. The number of quaternary nitrogens is 1. The molecule has 0 radical (unpaired) electrons. The van der Waals surface area contributed by atoms with E-state index >= 15 is 0 Å². The molecule has 0 unspecified atom stereocenters. The van der Waals surface area contributed by atoms with Crippen LogP contribution in [0.3, 0.4) is 0 Å². The van der Waals surface area contributed by atoms with E-state index in [4.69, 9.17) is 16.3 Å². The number of halogens is 1. The molecule has 3 N–H and O–H groups in total. The Balaban J connectivity index is 1.72. The monoisotopic (exact) mass is 347 g/mol. The van der Waals surface area contributed by atoms with Crippen LogP contribution in [0, 0.1) is 0 Å². The molecule has 0 aromatic heterocycles. The minimum absolute atomic E-state index is 0.0331. The molecular formula is C19H24ClN2O2+. The Morgan fingerprint density at radius 2 is 1.92 bits per heavy atom. The van der Waals surface area contributed by atoms with Crippen molar-refractivity contribution < 1.29 is 14.8 Å². The van der Waals surface area contributed by atoms with Crippen LogP contribution in [0.2, 0.25) is 5.02 Å². The number of nitrogens with one attached hydrogen (secondary N) is 1. The maximum absolute atomic E-state index is 12.0. The van der Waals surface area contributed by atoms with Crippen LogP contribution in [0.15, 0.2) is 48.5 Å². The Bertz CT molecular complexity index is 659. The number of para-hydroxylation sites is 1. The number of rotatable bonds is 8. The number of benzene rings is 2. The minimum atomic E-state index is 0.0331. The molecule has 2 aromatic carbocycles. The van der Waals surface area contributed by atoms with E-state index in [0.717, 1.165) is 28.3 Å². The fourth-order valence-electron chi connectivity index (χ4n) is 2.50. The van der Waals surface area contributed by atoms with E-state index in [1.54, 1.807) is 7.11 Å². The van der Waals surface area contributed by atoms with Crippen LogP contribution in [0.25, 0.3) is 0 Å². The number of methoxy groups -OCH3 is 1. The number of carbonyl (C=O) groups excluding carboxylic acids is 1. The molecule has 1 amide bonds. The zero-order chi connectivity index (χ0) is 17.4. The summed E-state index contributed by atoms with van der Waals surface area (Å²) in [6.45, 7) is 3.07. The third-order valence-corrected chi connectivity index (χ3v) is 4.21. The molecule has 128 valence electrons. The van der Waals surface area contributed by atoms with Crippen LogP contribution in [0.1, 0.15) is 24.1 Å². The molecule has 0 heterocycles. The zero-order valence-corrected chi connectivity index (χ0v) is 14.8. The first-order valence-corrected chi connectivity index (χ1v) is 8.45. The summed E-state index contributed by atoms with van der Waals surface area (Å²) in [5, 5.41) is 5.69. The summed E-state index contributed by atoms with van der Waals surface area (Å²) in [7, 11) is 1.66. The number of amides is 1. The quantitative estimate of drug-likeness (QED) is 0.770. The second-order valence-electron chi connectivity index (χ2n) is 5.69. The second kappa shape index (κ2) is 9.30. The first-order chi connectivity index (χ1) is 11.6. The topological polar surface area (TPSA) is 54.9 Å². The van der Waals surface area contributed by atoms with E-state index in [-0.39, 0.29) is 11.9 Å². The van der Waals surface area contributed by atoms with Gasteiger partial charge in [0.1, 0.15) is 11.8 Å². The SMILES string of the molecule is COc1ccccc1CCNC(=O)C[NH2+][C@H](C)c1ccc(Cl)cc1. The van der Waals surface area contributed by atoms with Crippen molar-refractivity contribution in [2.24, 2.45) is 0 Å². The van der Waals surface area contributed by atoms with Crippen molar-refractivity contribution in [3.05, 3.63) is 64.7 Å². The van der Waals surface area contributed by atoms with Gasteiger partial charge >= 0.3 is 0 Å². The summed E-state index contributed by atoms with van der Waals surface area (Å²) in [5.74, 6) is 0.889. The molecule has 2 rings (SSSR count). The van der Waals surface area contributed by atoms with E-state index in [0.29, 0.717) is 13.1 Å². The maximum atomic E-state index is 12.0. The van der Waals surface area contributed by atoms with E-state index < -0.39 is 0 Å². The van der Waals surface area contributed by atoms with Crippen molar-refractivity contribution in [1.82, 2.24) is 5.32 Å². The highest BCUT2D eigenvalue weighted by atomic mass is 35.5. The highest BCUT2D eigenvalue weighted by Crippen LogP contribution is 2.17. The Morgan fingerprint density at radius 3 is 2.62 bits per heavy atom. The van der Waals surface area contributed by atoms with Gasteiger partial charge in [-0.15, -0.1) is 0 Å². The van der Waals surface area contributed by atoms with E-state index in [1.165, 1.54) is 0 Å². The van der Waals surface area contributed by atoms with Gasteiger partial charge in [0.25, 0.3) is 5.91 Å². The van der Waals surface area contributed by atoms with Crippen molar-refractivity contribution in [1.29, 1.82) is 0 Å². The number of ether oxygens (including phenoxy) is 1. The fourth-order valence-corrected chi connectivity index (χ4v) is 2.63. The van der Waals surface area contributed by atoms with Gasteiger partial charge in [0, 0.05) is 17.1 Å². The number of carbonyl (C=O) groups is 1. The molecule has 4 nitrogen and oxygen atoms in total. The van der Waals surface area contributed by atoms with Crippen LogP contribution in [0.4, 0.5) is 0 Å². The average molecular weight is 348 g/mol. The van der Waals surface area contributed by atoms with Crippen LogP contribution in [0.5, 0.6) is 5.75 Å². The number of nitrogens with two attached hydrogens (primary N) is 1. The summed E-state index contributed by atoms with van der Waals surface area (Å²) in [6.07, 6.45) is 0.752. The molecule has 0 aliphatic carbocycles. The maximum Gasteiger partial charge on any atom is 0.275 e. The molecule has 0 fully saturated rings. The van der Waals surface area contributed by atoms with Crippen molar-refractivity contribution >= 4 is 17.5 Å². The van der Waals surface area contributed by atoms with Crippen molar-refractivity contribution in [3.8, 4) is 5.75 Å². The second-order valence-corrected chi connectivity index (χ2v) is 6.13. The largest absolute Gasteiger partial charge is 0.496 e. The lowest BCUT2D eigenvalue weighted by atomic mass is 10.1. The number of hydrogen-bond acceptors (Lipinski definition) is 2. The molecule has 0 bridgehead atoms. The van der Waals surface area contributed by atoms with Gasteiger partial charge in [-0.3, -0.25) is 4.79 Å². The molecule has 2 aromatic rings. The lowest BCUT2D eigenvalue weighted by Crippen LogP contribution is -2.87. The van der Waals surface area contributed by atoms with Gasteiger partial charge in [-0.1, -0.05) is 41.9 Å². The molecule has 24 heavy (non-hydrogen) atoms. The van der Waals surface area contributed by atoms with Crippen molar-refractivity contribution in [3.63, 3.8) is 0 Å². The molecule has 0 spiro atoms. The van der Waals surface area contributed by atoms with Gasteiger partial charge in [0.05, 0.1) is 7.11 Å². The lowest BCUT2D eigenvalue weighted by Gasteiger charge is -2.12. The van der Waals surface area contributed by atoms with Gasteiger partial charge in [-0.2, -0.15) is 0 Å². The van der Waals surface area contributed by atoms with Crippen molar-refractivity contribution in [2.75, 3.05) is 20.2 Å². The lowest BCUT2D eigenvalue weighted by molar-refractivity contribution is -0.682. The summed E-state index contributed by atoms with van der Waals surface area (Å²) in [5.41, 5.74) is 2.25. The Kier molecular flexibility index (Phi) is 7.09. The first kappa shape index (κ1) is 18.3. The molecule has 0 saturated heterocycles. The van der Waals surface area contributed by atoms with E-state index in [1.807, 2.05) is 53.8 Å². The molecule has 0 aliphatic rings. The summed E-state index contributed by atoms with van der Waals surface area (Å²) in [6, 6.07) is 15.8. The highest BCUT2D eigenvalue weighted by Gasteiger charge is 2.11. The van der Waals surface area contributed by atoms with Crippen LogP contribution in [-0.2, 0) is 11.2 Å². The molecular weight excluding hydrogens is 324 g/mol. The minimum Gasteiger partial charge on any atom is -0.496 e. The Morgan fingerprint density at radius 1 is 1.21 bits per heavy atom. The standard InChI is InChI=1S/C19H23ClN2O2/c1-14(15-7-9-17(20)10-8-15)22-13-19(23)21-12-11-16-5-3-4-6-18(16)24-2/h3-10,14,22H,11-13H2,1-2H3,(H,21,23)/p+1/t14-/m1/s1. The third-order valence-electron chi connectivity index (χ3n) is 3.96. The Labute approximate surface area is 148 Å². The smallest absolute Gasteiger partial charge is 0.275 e. The molecule has 0 saturated carbocycles. The molecule has 0 aliphatic heterocycles. The van der Waals surface area contributed by atoms with E-state index in [9.17, 15) is 4.79 Å². The molecule has 5 heteroatoms. The van der Waals surface area contributed by atoms with Gasteiger partial charge in [-0.25, -0.2) is 0 Å². The van der Waals surface area contributed by atoms with Gasteiger partial charge in [0.15, 0.2) is 6.54 Å². The van der Waals surface area contributed by atoms with Gasteiger partial charge in [0.2, 0.25) is 0 Å². The van der Waals surface area contributed by atoms with Gasteiger partial charge in [-0.05, 0) is 37.1 Å². The summed E-state index contributed by atoms with van der Waals surface area (Å²) in [4.78, 5) is 12.0. The average Bonchev–Trinajstić information content (AvgIpc) is 2.60. The predicted octanol–water partition coefficient (Wildman–Crippen LogP) is 2.33. The van der Waals surface area contributed by atoms with Crippen LogP contribution in [-0.4, -0.2) is 26.1 Å². The Hall–Kier alpha value is -2.04. The molecule has 1 atom stereocenters. The fraction of sp³-hybridized carbons (Fsp3) is 0.316. The van der Waals surface area contributed by atoms with Crippen molar-refractivity contribution in [2.45, 2.75) is 19.4 Å². The van der Waals surface area contributed by atoms with E-state index in [2.05, 4.69) is 12.2 Å². The normalized spacial score (nSPS) is 11.8. The summed E-state index contributed by atoms with van der Waals surface area (Å²) < 4.78 is 5.31. The van der Waals surface area contributed by atoms with Crippen LogP contribution < -0.4 is 15.4 Å². The first-order valence-electron chi connectivity index (χ1n) is 8.07. The van der Waals surface area contributed by atoms with Crippen LogP contribution >= 0.6 is 11.6 Å². The number of hydrogen-bond donors (Lipinski definition) is 2. The zero-order valence-electron chi connectivity index (χ0n) is 14.1. The summed E-state index contributed by atoms with van der Waals surface area (Å²) >= 11 is 5.89. The van der Waals surface area contributed by atoms with Gasteiger partial charge < -0.3 is 15.4 Å². The predicted molar refractivity (Wildman–Crippen MR) is 96.4 cm³/mol.